The number of para-hydroxylation sites is 1. The molecule has 3 N–H and O–H groups in total. The molecular weight excluding hydrogens is 396 g/mol. The van der Waals surface area contributed by atoms with Gasteiger partial charge in [0.15, 0.2) is 11.5 Å². The van der Waals surface area contributed by atoms with Crippen molar-refractivity contribution < 1.29 is 19.1 Å². The van der Waals surface area contributed by atoms with Gasteiger partial charge in [-0.2, -0.15) is 0 Å². The standard InChI is InChI=1S/C23H24N4O4/c28-22(25-15-5-6-20-21(13-15)31-12-11-30-20)7-9-24-23(29)27-10-8-17-16-3-1-2-4-18(16)26-19(17)14-27/h1-6,13,26H,7-12,14H2,(H,24,29)(H,25,28). The van der Waals surface area contributed by atoms with Gasteiger partial charge in [0.2, 0.25) is 5.91 Å². The summed E-state index contributed by atoms with van der Waals surface area (Å²) in [5.41, 5.74) is 4.12. The zero-order valence-electron chi connectivity index (χ0n) is 17.1. The van der Waals surface area contributed by atoms with Crippen LogP contribution in [-0.4, -0.2) is 48.1 Å². The molecule has 5 rings (SSSR count). The minimum atomic E-state index is -0.173. The number of hydrogen-bond acceptors (Lipinski definition) is 4. The molecule has 0 aliphatic carbocycles. The fourth-order valence-electron chi connectivity index (χ4n) is 4.11. The third-order valence-electron chi connectivity index (χ3n) is 5.62. The number of nitrogens with one attached hydrogen (secondary N) is 3. The van der Waals surface area contributed by atoms with E-state index < -0.39 is 0 Å². The smallest absolute Gasteiger partial charge is 0.317 e. The van der Waals surface area contributed by atoms with Crippen LogP contribution in [0.25, 0.3) is 10.9 Å². The van der Waals surface area contributed by atoms with E-state index in [1.54, 1.807) is 23.1 Å². The number of carbonyl (C=O) groups excluding carboxylic acids is 2. The summed E-state index contributed by atoms with van der Waals surface area (Å²) in [4.78, 5) is 30.0. The molecule has 3 amide bonds. The number of rotatable bonds is 4. The normalized spacial score (nSPS) is 14.8. The average molecular weight is 420 g/mol. The van der Waals surface area contributed by atoms with Gasteiger partial charge in [0.05, 0.1) is 6.54 Å². The van der Waals surface area contributed by atoms with E-state index in [4.69, 9.17) is 9.47 Å². The second kappa shape index (κ2) is 8.22. The molecule has 0 fully saturated rings. The quantitative estimate of drug-likeness (QED) is 0.605. The Labute approximate surface area is 179 Å². The molecular formula is C23H24N4O4. The second-order valence-corrected chi connectivity index (χ2v) is 7.69. The predicted molar refractivity (Wildman–Crippen MR) is 116 cm³/mol. The van der Waals surface area contributed by atoms with Crippen molar-refractivity contribution in [3.8, 4) is 11.5 Å². The molecule has 2 aromatic carbocycles. The number of ether oxygens (including phenoxy) is 2. The molecule has 2 aliphatic heterocycles. The van der Waals surface area contributed by atoms with E-state index in [-0.39, 0.29) is 24.9 Å². The van der Waals surface area contributed by atoms with Gasteiger partial charge < -0.3 is 30.0 Å². The maximum atomic E-state index is 12.6. The molecule has 0 saturated carbocycles. The van der Waals surface area contributed by atoms with Crippen LogP contribution in [0.1, 0.15) is 17.7 Å². The number of nitrogens with zero attached hydrogens (tertiary/aromatic N) is 1. The Kier molecular flexibility index (Phi) is 5.11. The van der Waals surface area contributed by atoms with Crippen LogP contribution in [-0.2, 0) is 17.8 Å². The van der Waals surface area contributed by atoms with Crippen molar-refractivity contribution in [3.05, 3.63) is 53.7 Å². The largest absolute Gasteiger partial charge is 0.486 e. The van der Waals surface area contributed by atoms with Crippen molar-refractivity contribution in [3.63, 3.8) is 0 Å². The van der Waals surface area contributed by atoms with Gasteiger partial charge >= 0.3 is 6.03 Å². The van der Waals surface area contributed by atoms with Gasteiger partial charge in [-0.15, -0.1) is 0 Å². The topological polar surface area (TPSA) is 95.7 Å². The van der Waals surface area contributed by atoms with Gasteiger partial charge in [0.1, 0.15) is 13.2 Å². The molecule has 0 unspecified atom stereocenters. The summed E-state index contributed by atoms with van der Waals surface area (Å²) >= 11 is 0. The number of urea groups is 1. The molecule has 0 spiro atoms. The molecule has 0 radical (unpaired) electrons. The second-order valence-electron chi connectivity index (χ2n) is 7.69. The first kappa shape index (κ1) is 19.3. The number of fused-ring (bicyclic) bond motifs is 4. The summed E-state index contributed by atoms with van der Waals surface area (Å²) in [6.45, 7) is 2.48. The third kappa shape index (κ3) is 4.01. The van der Waals surface area contributed by atoms with Gasteiger partial charge in [0, 0.05) is 47.9 Å². The van der Waals surface area contributed by atoms with Gasteiger partial charge in [-0.1, -0.05) is 18.2 Å². The van der Waals surface area contributed by atoms with E-state index in [0.29, 0.717) is 43.5 Å². The lowest BCUT2D eigenvalue weighted by atomic mass is 10.0. The zero-order valence-corrected chi connectivity index (χ0v) is 17.1. The van der Waals surface area contributed by atoms with E-state index in [1.807, 2.05) is 12.1 Å². The fourth-order valence-corrected chi connectivity index (χ4v) is 4.11. The van der Waals surface area contributed by atoms with Crippen LogP contribution >= 0.6 is 0 Å². The van der Waals surface area contributed by atoms with Crippen molar-refractivity contribution >= 4 is 28.5 Å². The van der Waals surface area contributed by atoms with Gasteiger partial charge in [-0.3, -0.25) is 4.79 Å². The van der Waals surface area contributed by atoms with Gasteiger partial charge in [-0.05, 0) is 30.2 Å². The first-order valence-corrected chi connectivity index (χ1v) is 10.5. The minimum Gasteiger partial charge on any atom is -0.486 e. The molecule has 2 aliphatic rings. The number of benzene rings is 2. The number of anilines is 1. The molecule has 1 aromatic heterocycles. The molecule has 8 heteroatoms. The number of hydrogen-bond donors (Lipinski definition) is 3. The summed E-state index contributed by atoms with van der Waals surface area (Å²) in [5, 5.41) is 6.91. The van der Waals surface area contributed by atoms with Gasteiger partial charge in [0.25, 0.3) is 0 Å². The summed E-state index contributed by atoms with van der Waals surface area (Å²) in [7, 11) is 0. The highest BCUT2D eigenvalue weighted by Crippen LogP contribution is 2.32. The Bertz CT molecular complexity index is 1140. The first-order chi connectivity index (χ1) is 15.2. The van der Waals surface area contributed by atoms with Crippen molar-refractivity contribution in [1.29, 1.82) is 0 Å². The highest BCUT2D eigenvalue weighted by molar-refractivity contribution is 5.91. The van der Waals surface area contributed by atoms with E-state index in [0.717, 1.165) is 17.6 Å². The highest BCUT2D eigenvalue weighted by Gasteiger charge is 2.23. The summed E-state index contributed by atoms with van der Waals surface area (Å²) in [6, 6.07) is 13.3. The Morgan fingerprint density at radius 3 is 2.81 bits per heavy atom. The number of H-pyrrole nitrogens is 1. The molecule has 8 nitrogen and oxygen atoms in total. The molecule has 0 saturated heterocycles. The number of aromatic nitrogens is 1. The first-order valence-electron chi connectivity index (χ1n) is 10.5. The lowest BCUT2D eigenvalue weighted by molar-refractivity contribution is -0.116. The maximum Gasteiger partial charge on any atom is 0.317 e. The number of aromatic amines is 1. The molecule has 0 bridgehead atoms. The summed E-state index contributed by atoms with van der Waals surface area (Å²) < 4.78 is 11.0. The molecule has 0 atom stereocenters. The Balaban J connectivity index is 1.11. The van der Waals surface area contributed by atoms with E-state index in [2.05, 4.69) is 27.8 Å². The number of amides is 3. The van der Waals surface area contributed by atoms with Crippen molar-refractivity contribution in [2.24, 2.45) is 0 Å². The third-order valence-corrected chi connectivity index (χ3v) is 5.62. The molecule has 3 aromatic rings. The van der Waals surface area contributed by atoms with Crippen LogP contribution in [0.5, 0.6) is 11.5 Å². The Morgan fingerprint density at radius 2 is 1.90 bits per heavy atom. The van der Waals surface area contributed by atoms with Crippen molar-refractivity contribution in [2.75, 3.05) is 31.6 Å². The van der Waals surface area contributed by atoms with Crippen LogP contribution in [0.4, 0.5) is 10.5 Å². The summed E-state index contributed by atoms with van der Waals surface area (Å²) in [6.07, 6.45) is 1.00. The van der Waals surface area contributed by atoms with Crippen molar-refractivity contribution in [2.45, 2.75) is 19.4 Å². The van der Waals surface area contributed by atoms with Crippen molar-refractivity contribution in [1.82, 2.24) is 15.2 Å². The Hall–Kier alpha value is -3.68. The zero-order chi connectivity index (χ0) is 21.2. The molecule has 3 heterocycles. The Morgan fingerprint density at radius 1 is 1.06 bits per heavy atom. The van der Waals surface area contributed by atoms with Gasteiger partial charge in [-0.25, -0.2) is 4.79 Å². The van der Waals surface area contributed by atoms with Crippen LogP contribution in [0.3, 0.4) is 0 Å². The molecule has 160 valence electrons. The van der Waals surface area contributed by atoms with E-state index in [9.17, 15) is 9.59 Å². The SMILES string of the molecule is O=C(CCNC(=O)N1CCc2c([nH]c3ccccc23)C1)Nc1ccc2c(c1)OCCO2. The number of carbonyl (C=O) groups is 2. The van der Waals surface area contributed by atoms with Crippen LogP contribution in [0, 0.1) is 0 Å². The van der Waals surface area contributed by atoms with Crippen LogP contribution in [0.2, 0.25) is 0 Å². The monoisotopic (exact) mass is 420 g/mol. The lowest BCUT2D eigenvalue weighted by Crippen LogP contribution is -2.43. The highest BCUT2D eigenvalue weighted by atomic mass is 16.6. The average Bonchev–Trinajstić information content (AvgIpc) is 3.16. The van der Waals surface area contributed by atoms with E-state index >= 15 is 0 Å². The van der Waals surface area contributed by atoms with Crippen LogP contribution in [0.15, 0.2) is 42.5 Å². The minimum absolute atomic E-state index is 0.156. The summed E-state index contributed by atoms with van der Waals surface area (Å²) in [5.74, 6) is 1.13. The fraction of sp³-hybridized carbons (Fsp3) is 0.304. The van der Waals surface area contributed by atoms with Crippen LogP contribution < -0.4 is 20.1 Å². The predicted octanol–water partition coefficient (Wildman–Crippen LogP) is 3.04. The maximum absolute atomic E-state index is 12.6. The van der Waals surface area contributed by atoms with E-state index in [1.165, 1.54) is 10.9 Å². The molecule has 31 heavy (non-hydrogen) atoms. The lowest BCUT2D eigenvalue weighted by Gasteiger charge is -2.27.